The molecule has 32 heavy (non-hydrogen) atoms. The molecule has 0 saturated carbocycles. The fraction of sp³-hybridized carbons (Fsp3) is 0.238. The number of benzene rings is 2. The van der Waals surface area contributed by atoms with E-state index in [1.165, 1.54) is 30.5 Å². The molecule has 0 aliphatic rings. The highest BCUT2D eigenvalue weighted by molar-refractivity contribution is 6.30. The van der Waals surface area contributed by atoms with E-state index in [1.54, 1.807) is 24.3 Å². The molecule has 0 unspecified atom stereocenters. The van der Waals surface area contributed by atoms with Crippen LogP contribution >= 0.6 is 11.6 Å². The van der Waals surface area contributed by atoms with Gasteiger partial charge in [-0.1, -0.05) is 29.8 Å². The zero-order valence-corrected chi connectivity index (χ0v) is 17.3. The molecule has 7 nitrogen and oxygen atoms in total. The molecule has 1 amide bonds. The maximum Gasteiger partial charge on any atom is 0.406 e. The lowest BCUT2D eigenvalue weighted by Gasteiger charge is -2.24. The summed E-state index contributed by atoms with van der Waals surface area (Å²) in [5.41, 5.74) is 0.360. The summed E-state index contributed by atoms with van der Waals surface area (Å²) in [6, 6.07) is 12.1. The molecule has 0 atom stereocenters. The number of halogens is 4. The lowest BCUT2D eigenvalue weighted by molar-refractivity contribution is -0.385. The Labute approximate surface area is 185 Å². The van der Waals surface area contributed by atoms with Gasteiger partial charge in [0.2, 0.25) is 5.91 Å². The first-order chi connectivity index (χ1) is 15.1. The average Bonchev–Trinajstić information content (AvgIpc) is 3.20. The molecule has 0 aliphatic heterocycles. The van der Waals surface area contributed by atoms with Crippen LogP contribution in [0.1, 0.15) is 17.9 Å². The highest BCUT2D eigenvalue weighted by Crippen LogP contribution is 2.25. The van der Waals surface area contributed by atoms with Crippen molar-refractivity contribution in [2.24, 2.45) is 0 Å². The van der Waals surface area contributed by atoms with Crippen LogP contribution in [0.4, 0.5) is 18.9 Å². The number of nitro benzene ring substituents is 1. The number of nitro groups is 1. The van der Waals surface area contributed by atoms with Gasteiger partial charge in [0.15, 0.2) is 11.7 Å². The van der Waals surface area contributed by atoms with Crippen molar-refractivity contribution in [3.63, 3.8) is 0 Å². The molecule has 1 heterocycles. The summed E-state index contributed by atoms with van der Waals surface area (Å²) in [6.45, 7) is -2.07. The maximum atomic E-state index is 13.0. The van der Waals surface area contributed by atoms with Crippen molar-refractivity contribution in [1.29, 1.82) is 0 Å². The summed E-state index contributed by atoms with van der Waals surface area (Å²) < 4.78 is 44.7. The van der Waals surface area contributed by atoms with Gasteiger partial charge in [0.25, 0.3) is 5.69 Å². The fourth-order valence-corrected chi connectivity index (χ4v) is 3.15. The van der Waals surface area contributed by atoms with Crippen LogP contribution in [0.5, 0.6) is 0 Å². The van der Waals surface area contributed by atoms with Gasteiger partial charge in [0.05, 0.1) is 17.7 Å². The number of carbonyl (C=O) groups excluding carboxylic acids is 1. The minimum Gasteiger partial charge on any atom is -0.441 e. The van der Waals surface area contributed by atoms with Crippen molar-refractivity contribution in [3.05, 3.63) is 81.3 Å². The highest BCUT2D eigenvalue weighted by Gasteiger charge is 2.34. The Morgan fingerprint density at radius 3 is 2.50 bits per heavy atom. The highest BCUT2D eigenvalue weighted by atomic mass is 35.5. The quantitative estimate of drug-likeness (QED) is 0.325. The minimum atomic E-state index is -4.66. The largest absolute Gasteiger partial charge is 0.441 e. The van der Waals surface area contributed by atoms with Crippen LogP contribution in [0.2, 0.25) is 5.02 Å². The Bertz CT molecular complexity index is 1100. The second kappa shape index (κ2) is 9.82. The molecule has 168 valence electrons. The molecule has 1 aromatic heterocycles. The van der Waals surface area contributed by atoms with Crippen LogP contribution in [0, 0.1) is 10.1 Å². The van der Waals surface area contributed by atoms with Crippen LogP contribution in [-0.2, 0) is 17.8 Å². The number of oxazole rings is 1. The molecule has 0 spiro atoms. The summed E-state index contributed by atoms with van der Waals surface area (Å²) in [7, 11) is 0. The molecule has 0 saturated heterocycles. The topological polar surface area (TPSA) is 89.5 Å². The van der Waals surface area contributed by atoms with Gasteiger partial charge in [-0.15, -0.1) is 0 Å². The van der Waals surface area contributed by atoms with E-state index in [0.29, 0.717) is 21.2 Å². The molecule has 11 heteroatoms. The van der Waals surface area contributed by atoms with E-state index in [2.05, 4.69) is 4.98 Å². The molecule has 0 N–H and O–H groups in total. The van der Waals surface area contributed by atoms with Crippen LogP contribution < -0.4 is 0 Å². The normalized spacial score (nSPS) is 11.4. The van der Waals surface area contributed by atoms with Crippen LogP contribution in [0.25, 0.3) is 11.3 Å². The van der Waals surface area contributed by atoms with Crippen LogP contribution in [-0.4, -0.2) is 33.4 Å². The third-order valence-electron chi connectivity index (χ3n) is 4.51. The van der Waals surface area contributed by atoms with Gasteiger partial charge in [-0.25, -0.2) is 4.98 Å². The number of nitrogens with zero attached hydrogens (tertiary/aromatic N) is 3. The Kier molecular flexibility index (Phi) is 7.14. The first kappa shape index (κ1) is 23.3. The standard InChI is InChI=1S/C21H17ClF3N3O4/c22-16-7-5-14(6-8-16)18-11-26-19(32-18)9-10-20(29)27(13-21(23,24)25)12-15-3-1-2-4-17(15)28(30)31/h1-8,11H,9-10,12-13H2. The summed E-state index contributed by atoms with van der Waals surface area (Å²) in [4.78, 5) is 27.6. The van der Waals surface area contributed by atoms with Gasteiger partial charge >= 0.3 is 6.18 Å². The first-order valence-corrected chi connectivity index (χ1v) is 9.77. The van der Waals surface area contributed by atoms with E-state index in [0.717, 1.165) is 0 Å². The molecule has 0 radical (unpaired) electrons. The molecule has 3 aromatic rings. The van der Waals surface area contributed by atoms with Gasteiger partial charge in [0.1, 0.15) is 6.54 Å². The number of hydrogen-bond donors (Lipinski definition) is 0. The lowest BCUT2D eigenvalue weighted by atomic mass is 10.1. The van der Waals surface area contributed by atoms with Gasteiger partial charge in [0, 0.05) is 35.1 Å². The van der Waals surface area contributed by atoms with E-state index >= 15 is 0 Å². The zero-order valence-electron chi connectivity index (χ0n) is 16.5. The van der Waals surface area contributed by atoms with Gasteiger partial charge in [-0.2, -0.15) is 13.2 Å². The number of alkyl halides is 3. The average molecular weight is 468 g/mol. The first-order valence-electron chi connectivity index (χ1n) is 9.40. The third kappa shape index (κ3) is 6.30. The van der Waals surface area contributed by atoms with Crippen molar-refractivity contribution >= 4 is 23.2 Å². The summed E-state index contributed by atoms with van der Waals surface area (Å²) in [5, 5.41) is 11.7. The van der Waals surface area contributed by atoms with E-state index in [9.17, 15) is 28.1 Å². The van der Waals surface area contributed by atoms with Crippen molar-refractivity contribution in [1.82, 2.24) is 9.88 Å². The van der Waals surface area contributed by atoms with Crippen molar-refractivity contribution < 1.29 is 27.3 Å². The molecule has 0 aliphatic carbocycles. The number of amides is 1. The lowest BCUT2D eigenvalue weighted by Crippen LogP contribution is -2.38. The van der Waals surface area contributed by atoms with Crippen molar-refractivity contribution in [2.45, 2.75) is 25.6 Å². The van der Waals surface area contributed by atoms with Crippen LogP contribution in [0.3, 0.4) is 0 Å². The molecule has 2 aromatic carbocycles. The summed E-state index contributed by atoms with van der Waals surface area (Å²) >= 11 is 5.84. The Balaban J connectivity index is 1.71. The van der Waals surface area contributed by atoms with Gasteiger partial charge in [-0.3, -0.25) is 14.9 Å². The van der Waals surface area contributed by atoms with E-state index in [4.69, 9.17) is 16.0 Å². The van der Waals surface area contributed by atoms with Crippen molar-refractivity contribution in [3.8, 4) is 11.3 Å². The fourth-order valence-electron chi connectivity index (χ4n) is 3.02. The monoisotopic (exact) mass is 467 g/mol. The second-order valence-corrected chi connectivity index (χ2v) is 7.31. The van der Waals surface area contributed by atoms with E-state index in [1.807, 2.05) is 0 Å². The predicted molar refractivity (Wildman–Crippen MR) is 110 cm³/mol. The zero-order chi connectivity index (χ0) is 23.3. The van der Waals surface area contributed by atoms with Gasteiger partial charge in [-0.05, 0) is 24.3 Å². The Morgan fingerprint density at radius 2 is 1.84 bits per heavy atom. The number of para-hydroxylation sites is 1. The predicted octanol–water partition coefficient (Wildman–Crippen LogP) is 5.43. The number of aromatic nitrogens is 1. The maximum absolute atomic E-state index is 13.0. The van der Waals surface area contributed by atoms with E-state index in [-0.39, 0.29) is 30.0 Å². The summed E-state index contributed by atoms with van der Waals surface area (Å²) in [6.07, 6.45) is -3.55. The summed E-state index contributed by atoms with van der Waals surface area (Å²) in [5.74, 6) is -0.219. The molecular formula is C21H17ClF3N3O4. The Morgan fingerprint density at radius 1 is 1.16 bits per heavy atom. The van der Waals surface area contributed by atoms with Crippen LogP contribution in [0.15, 0.2) is 59.1 Å². The minimum absolute atomic E-state index is 0.0104. The smallest absolute Gasteiger partial charge is 0.406 e. The molecular weight excluding hydrogens is 451 g/mol. The number of rotatable bonds is 8. The number of carbonyl (C=O) groups is 1. The molecule has 3 rings (SSSR count). The number of aryl methyl sites for hydroxylation is 1. The molecule has 0 fully saturated rings. The van der Waals surface area contributed by atoms with E-state index < -0.39 is 30.1 Å². The van der Waals surface area contributed by atoms with Crippen molar-refractivity contribution in [2.75, 3.05) is 6.54 Å². The van der Waals surface area contributed by atoms with Gasteiger partial charge < -0.3 is 9.32 Å². The number of hydrogen-bond acceptors (Lipinski definition) is 5. The molecule has 0 bridgehead atoms. The third-order valence-corrected chi connectivity index (χ3v) is 4.76. The SMILES string of the molecule is O=C(CCc1ncc(-c2ccc(Cl)cc2)o1)N(Cc1ccccc1[N+](=O)[O-])CC(F)(F)F. The second-order valence-electron chi connectivity index (χ2n) is 6.88. The Hall–Kier alpha value is -3.40.